The van der Waals surface area contributed by atoms with E-state index in [9.17, 15) is 4.39 Å². The van der Waals surface area contributed by atoms with Gasteiger partial charge < -0.3 is 5.32 Å². The van der Waals surface area contributed by atoms with E-state index in [4.69, 9.17) is 0 Å². The molecule has 0 aliphatic heterocycles. The van der Waals surface area contributed by atoms with Gasteiger partial charge in [-0.2, -0.15) is 0 Å². The number of benzene rings is 1. The summed E-state index contributed by atoms with van der Waals surface area (Å²) in [5.41, 5.74) is 0.660. The number of halogens is 2. The van der Waals surface area contributed by atoms with Gasteiger partial charge in [-0.05, 0) is 30.6 Å². The molecule has 0 spiro atoms. The van der Waals surface area contributed by atoms with Crippen LogP contribution in [0, 0.1) is 5.82 Å². The van der Waals surface area contributed by atoms with Crippen LogP contribution in [0.1, 0.15) is 16.5 Å². The molecule has 0 fully saturated rings. The first kappa shape index (κ1) is 11.8. The van der Waals surface area contributed by atoms with Crippen LogP contribution in [0.4, 0.5) is 4.39 Å². The van der Waals surface area contributed by atoms with Gasteiger partial charge in [0.1, 0.15) is 5.82 Å². The van der Waals surface area contributed by atoms with E-state index in [1.165, 1.54) is 6.07 Å². The highest BCUT2D eigenvalue weighted by Gasteiger charge is 2.19. The van der Waals surface area contributed by atoms with Crippen molar-refractivity contribution in [1.82, 2.24) is 5.32 Å². The molecule has 0 aliphatic carbocycles. The van der Waals surface area contributed by atoms with Crippen molar-refractivity contribution in [3.63, 3.8) is 0 Å². The summed E-state index contributed by atoms with van der Waals surface area (Å²) in [4.78, 5) is 1.10. The maximum absolute atomic E-state index is 13.8. The van der Waals surface area contributed by atoms with Crippen LogP contribution < -0.4 is 5.32 Å². The Bertz CT molecular complexity index is 450. The molecule has 0 aliphatic rings. The van der Waals surface area contributed by atoms with E-state index < -0.39 is 0 Å². The molecule has 0 saturated heterocycles. The van der Waals surface area contributed by atoms with Crippen LogP contribution >= 0.6 is 27.3 Å². The number of rotatable bonds is 3. The Morgan fingerprint density at radius 2 is 2.12 bits per heavy atom. The topological polar surface area (TPSA) is 12.0 Å². The van der Waals surface area contributed by atoms with Crippen LogP contribution in [-0.4, -0.2) is 7.05 Å². The first-order valence-electron chi connectivity index (χ1n) is 4.88. The summed E-state index contributed by atoms with van der Waals surface area (Å²) >= 11 is 5.02. The molecule has 1 atom stereocenters. The molecule has 2 rings (SSSR count). The minimum atomic E-state index is -0.192. The van der Waals surface area contributed by atoms with E-state index >= 15 is 0 Å². The fraction of sp³-hybridized carbons (Fsp3) is 0.167. The van der Waals surface area contributed by atoms with E-state index in [0.717, 1.165) is 9.35 Å². The van der Waals surface area contributed by atoms with E-state index in [2.05, 4.69) is 21.2 Å². The lowest BCUT2D eigenvalue weighted by Crippen LogP contribution is -2.18. The average molecular weight is 300 g/mol. The summed E-state index contributed by atoms with van der Waals surface area (Å²) in [6.07, 6.45) is 0. The third kappa shape index (κ3) is 2.19. The van der Waals surface area contributed by atoms with Crippen LogP contribution in [0.5, 0.6) is 0 Å². The zero-order valence-corrected chi connectivity index (χ0v) is 11.1. The number of hydrogen-bond donors (Lipinski definition) is 1. The van der Waals surface area contributed by atoms with Gasteiger partial charge >= 0.3 is 0 Å². The maximum Gasteiger partial charge on any atom is 0.129 e. The lowest BCUT2D eigenvalue weighted by Gasteiger charge is -2.17. The second kappa shape index (κ2) is 5.08. The first-order chi connectivity index (χ1) is 7.74. The summed E-state index contributed by atoms with van der Waals surface area (Å²) in [6.45, 7) is 0. The Morgan fingerprint density at radius 3 is 2.69 bits per heavy atom. The summed E-state index contributed by atoms with van der Waals surface area (Å²) in [6, 6.07) is 8.91. The lowest BCUT2D eigenvalue weighted by atomic mass is 10.1. The molecule has 1 N–H and O–H groups in total. The normalized spacial score (nSPS) is 12.7. The van der Waals surface area contributed by atoms with E-state index in [1.807, 2.05) is 30.6 Å². The Hall–Kier alpha value is -0.710. The molecule has 1 aromatic carbocycles. The van der Waals surface area contributed by atoms with E-state index in [-0.39, 0.29) is 11.9 Å². The van der Waals surface area contributed by atoms with Gasteiger partial charge in [-0.25, -0.2) is 4.39 Å². The van der Waals surface area contributed by atoms with Crippen LogP contribution in [0.25, 0.3) is 0 Å². The predicted octanol–water partition coefficient (Wildman–Crippen LogP) is 3.96. The van der Waals surface area contributed by atoms with Crippen LogP contribution in [0.2, 0.25) is 0 Å². The van der Waals surface area contributed by atoms with Gasteiger partial charge in [-0.1, -0.05) is 28.1 Å². The molecule has 0 saturated carbocycles. The Balaban J connectivity index is 2.49. The molecule has 0 amide bonds. The number of hydrogen-bond acceptors (Lipinski definition) is 2. The highest BCUT2D eigenvalue weighted by atomic mass is 79.9. The fourth-order valence-corrected chi connectivity index (χ4v) is 3.08. The number of thiophene rings is 1. The van der Waals surface area contributed by atoms with Crippen molar-refractivity contribution in [2.75, 3.05) is 7.05 Å². The van der Waals surface area contributed by atoms with Crippen molar-refractivity contribution >= 4 is 27.3 Å². The first-order valence-corrected chi connectivity index (χ1v) is 6.56. The minimum Gasteiger partial charge on any atom is -0.309 e. The maximum atomic E-state index is 13.8. The molecule has 1 aromatic heterocycles. The average Bonchev–Trinajstić information content (AvgIpc) is 2.77. The van der Waals surface area contributed by atoms with Gasteiger partial charge in [0.15, 0.2) is 0 Å². The van der Waals surface area contributed by atoms with Crippen molar-refractivity contribution < 1.29 is 4.39 Å². The molecular weight excluding hydrogens is 289 g/mol. The SMILES string of the molecule is CNC(c1cccs1)c1c(F)cccc1Br. The third-order valence-electron chi connectivity index (χ3n) is 2.40. The standard InChI is InChI=1S/C12H11BrFNS/c1-15-12(10-6-3-7-16-10)11-8(13)4-2-5-9(11)14/h2-7,12,15H,1H3. The zero-order valence-electron chi connectivity index (χ0n) is 8.71. The second-order valence-corrected chi connectivity index (χ2v) is 5.21. The quantitative estimate of drug-likeness (QED) is 0.905. The van der Waals surface area contributed by atoms with Crippen molar-refractivity contribution in [1.29, 1.82) is 0 Å². The molecule has 1 unspecified atom stereocenters. The van der Waals surface area contributed by atoms with Crippen molar-refractivity contribution in [3.8, 4) is 0 Å². The molecule has 0 radical (unpaired) electrons. The molecule has 16 heavy (non-hydrogen) atoms. The summed E-state index contributed by atoms with van der Waals surface area (Å²) < 4.78 is 14.6. The lowest BCUT2D eigenvalue weighted by molar-refractivity contribution is 0.577. The van der Waals surface area contributed by atoms with Crippen molar-refractivity contribution in [2.45, 2.75) is 6.04 Å². The van der Waals surface area contributed by atoms with Crippen LogP contribution in [0.3, 0.4) is 0 Å². The van der Waals surface area contributed by atoms with E-state index in [1.54, 1.807) is 17.4 Å². The Morgan fingerprint density at radius 1 is 1.31 bits per heavy atom. The third-order valence-corrected chi connectivity index (χ3v) is 4.03. The molecule has 4 heteroatoms. The van der Waals surface area contributed by atoms with Gasteiger partial charge in [0.25, 0.3) is 0 Å². The largest absolute Gasteiger partial charge is 0.309 e. The molecular formula is C12H11BrFNS. The van der Waals surface area contributed by atoms with Gasteiger partial charge in [-0.15, -0.1) is 11.3 Å². The van der Waals surface area contributed by atoms with Gasteiger partial charge in [0.2, 0.25) is 0 Å². The molecule has 1 nitrogen and oxygen atoms in total. The van der Waals surface area contributed by atoms with Gasteiger partial charge in [-0.3, -0.25) is 0 Å². The Labute approximate surface area is 106 Å². The highest BCUT2D eigenvalue weighted by Crippen LogP contribution is 2.32. The summed E-state index contributed by atoms with van der Waals surface area (Å²) in [7, 11) is 1.84. The smallest absolute Gasteiger partial charge is 0.129 e. The second-order valence-electron chi connectivity index (χ2n) is 3.37. The summed E-state index contributed by atoms with van der Waals surface area (Å²) in [5.74, 6) is -0.192. The minimum absolute atomic E-state index is 0.101. The van der Waals surface area contributed by atoms with Gasteiger partial charge in [0, 0.05) is 14.9 Å². The van der Waals surface area contributed by atoms with Crippen LogP contribution in [-0.2, 0) is 0 Å². The highest BCUT2D eigenvalue weighted by molar-refractivity contribution is 9.10. The molecule has 1 heterocycles. The monoisotopic (exact) mass is 299 g/mol. The molecule has 84 valence electrons. The Kier molecular flexibility index (Phi) is 3.74. The van der Waals surface area contributed by atoms with Crippen molar-refractivity contribution in [3.05, 3.63) is 56.4 Å². The fourth-order valence-electron chi connectivity index (χ4n) is 1.67. The van der Waals surface area contributed by atoms with Crippen LogP contribution in [0.15, 0.2) is 40.2 Å². The molecule has 0 bridgehead atoms. The predicted molar refractivity (Wildman–Crippen MR) is 69.3 cm³/mol. The van der Waals surface area contributed by atoms with E-state index in [0.29, 0.717) is 5.56 Å². The number of nitrogens with one attached hydrogen (secondary N) is 1. The molecule has 2 aromatic rings. The summed E-state index contributed by atoms with van der Waals surface area (Å²) in [5, 5.41) is 5.14. The van der Waals surface area contributed by atoms with Crippen molar-refractivity contribution in [2.24, 2.45) is 0 Å². The zero-order chi connectivity index (χ0) is 11.5. The van der Waals surface area contributed by atoms with Gasteiger partial charge in [0.05, 0.1) is 6.04 Å².